The standard InChI is InChI=1S/C12H16N4OS3/c1-6(13)12-14-8(5-20-12)11-15-10(16-17-11)9-7(2)18-3-4-19-9/h5-7,9H,3-4,13H2,1-2H3. The topological polar surface area (TPSA) is 77.8 Å². The average Bonchev–Trinajstić information content (AvgIpc) is 3.08. The number of thiazole rings is 1. The van der Waals surface area contributed by atoms with Crippen LogP contribution < -0.4 is 5.73 Å². The Labute approximate surface area is 130 Å². The summed E-state index contributed by atoms with van der Waals surface area (Å²) in [5, 5.41) is 7.75. The third kappa shape index (κ3) is 2.88. The van der Waals surface area contributed by atoms with Crippen molar-refractivity contribution >= 4 is 34.9 Å². The minimum absolute atomic E-state index is 0.0681. The number of nitrogens with two attached hydrogens (primary N) is 1. The maximum absolute atomic E-state index is 5.82. The number of hydrogen-bond donors (Lipinski definition) is 1. The van der Waals surface area contributed by atoms with Crippen LogP contribution in [-0.4, -0.2) is 31.9 Å². The first-order chi connectivity index (χ1) is 9.65. The maximum atomic E-state index is 5.82. The molecule has 2 aromatic rings. The van der Waals surface area contributed by atoms with E-state index < -0.39 is 0 Å². The van der Waals surface area contributed by atoms with E-state index in [1.807, 2.05) is 35.8 Å². The van der Waals surface area contributed by atoms with Gasteiger partial charge in [-0.1, -0.05) is 12.1 Å². The molecule has 3 unspecified atom stereocenters. The van der Waals surface area contributed by atoms with Crippen LogP contribution >= 0.6 is 34.9 Å². The molecule has 0 saturated carbocycles. The van der Waals surface area contributed by atoms with Crippen LogP contribution in [0.25, 0.3) is 11.6 Å². The summed E-state index contributed by atoms with van der Waals surface area (Å²) in [5.74, 6) is 3.60. The van der Waals surface area contributed by atoms with E-state index in [0.717, 1.165) is 22.3 Å². The first kappa shape index (κ1) is 14.4. The van der Waals surface area contributed by atoms with Gasteiger partial charge in [0.15, 0.2) is 5.82 Å². The second-order valence-electron chi connectivity index (χ2n) is 4.68. The fraction of sp³-hybridized carbons (Fsp3) is 0.583. The van der Waals surface area contributed by atoms with Gasteiger partial charge >= 0.3 is 0 Å². The van der Waals surface area contributed by atoms with Crippen LogP contribution in [0.15, 0.2) is 9.90 Å². The van der Waals surface area contributed by atoms with Crippen molar-refractivity contribution in [3.8, 4) is 11.6 Å². The van der Waals surface area contributed by atoms with Crippen molar-refractivity contribution < 1.29 is 4.52 Å². The minimum atomic E-state index is -0.0681. The molecule has 2 aromatic heterocycles. The monoisotopic (exact) mass is 328 g/mol. The van der Waals surface area contributed by atoms with Gasteiger partial charge in [0, 0.05) is 22.1 Å². The lowest BCUT2D eigenvalue weighted by atomic mass is 10.3. The molecule has 3 atom stereocenters. The van der Waals surface area contributed by atoms with Gasteiger partial charge in [-0.05, 0) is 6.92 Å². The predicted molar refractivity (Wildman–Crippen MR) is 85.1 cm³/mol. The highest BCUT2D eigenvalue weighted by Crippen LogP contribution is 2.41. The van der Waals surface area contributed by atoms with Crippen molar-refractivity contribution in [1.82, 2.24) is 15.1 Å². The number of rotatable bonds is 3. The van der Waals surface area contributed by atoms with Crippen LogP contribution in [0, 0.1) is 0 Å². The molecule has 108 valence electrons. The van der Waals surface area contributed by atoms with E-state index in [1.54, 1.807) is 0 Å². The molecule has 2 N–H and O–H groups in total. The Morgan fingerprint density at radius 3 is 2.85 bits per heavy atom. The Morgan fingerprint density at radius 1 is 1.35 bits per heavy atom. The molecule has 8 heteroatoms. The quantitative estimate of drug-likeness (QED) is 0.927. The van der Waals surface area contributed by atoms with Gasteiger partial charge in [-0.3, -0.25) is 0 Å². The van der Waals surface area contributed by atoms with Gasteiger partial charge in [0.05, 0.1) is 11.3 Å². The number of hydrogen-bond acceptors (Lipinski definition) is 8. The molecule has 20 heavy (non-hydrogen) atoms. The largest absolute Gasteiger partial charge is 0.332 e. The van der Waals surface area contributed by atoms with E-state index in [4.69, 9.17) is 10.3 Å². The zero-order chi connectivity index (χ0) is 14.1. The predicted octanol–water partition coefficient (Wildman–Crippen LogP) is 3.12. The van der Waals surface area contributed by atoms with E-state index in [9.17, 15) is 0 Å². The molecule has 0 bridgehead atoms. The van der Waals surface area contributed by atoms with Crippen LogP contribution in [-0.2, 0) is 0 Å². The van der Waals surface area contributed by atoms with Crippen LogP contribution in [0.4, 0.5) is 0 Å². The van der Waals surface area contributed by atoms with Crippen LogP contribution in [0.2, 0.25) is 0 Å². The van der Waals surface area contributed by atoms with Gasteiger partial charge in [-0.25, -0.2) is 4.98 Å². The van der Waals surface area contributed by atoms with Crippen LogP contribution in [0.3, 0.4) is 0 Å². The first-order valence-corrected chi connectivity index (χ1v) is 9.41. The Kier molecular flexibility index (Phi) is 4.34. The number of nitrogens with zero attached hydrogens (tertiary/aromatic N) is 3. The summed E-state index contributed by atoms with van der Waals surface area (Å²) < 4.78 is 5.36. The summed E-state index contributed by atoms with van der Waals surface area (Å²) in [4.78, 5) is 8.96. The molecule has 0 aliphatic carbocycles. The molecule has 1 fully saturated rings. The van der Waals surface area contributed by atoms with Crippen molar-refractivity contribution in [2.45, 2.75) is 30.4 Å². The molecular formula is C12H16N4OS3. The Hall–Kier alpha value is -0.570. The first-order valence-electron chi connectivity index (χ1n) is 6.43. The third-order valence-electron chi connectivity index (χ3n) is 3.01. The highest BCUT2D eigenvalue weighted by atomic mass is 32.2. The fourth-order valence-corrected chi connectivity index (χ4v) is 5.40. The summed E-state index contributed by atoms with van der Waals surface area (Å²) in [7, 11) is 0. The van der Waals surface area contributed by atoms with E-state index in [1.165, 1.54) is 17.1 Å². The molecule has 3 heterocycles. The minimum Gasteiger partial charge on any atom is -0.332 e. The van der Waals surface area contributed by atoms with Crippen molar-refractivity contribution in [3.63, 3.8) is 0 Å². The zero-order valence-corrected chi connectivity index (χ0v) is 13.7. The normalized spacial score (nSPS) is 24.8. The van der Waals surface area contributed by atoms with Crippen LogP contribution in [0.1, 0.15) is 36.0 Å². The molecule has 0 amide bonds. The van der Waals surface area contributed by atoms with Crippen molar-refractivity contribution in [2.75, 3.05) is 11.5 Å². The van der Waals surface area contributed by atoms with Gasteiger partial charge in [-0.15, -0.1) is 23.1 Å². The molecule has 5 nitrogen and oxygen atoms in total. The van der Waals surface area contributed by atoms with E-state index in [-0.39, 0.29) is 6.04 Å². The van der Waals surface area contributed by atoms with Gasteiger partial charge < -0.3 is 10.3 Å². The molecule has 1 aliphatic rings. The number of thioether (sulfide) groups is 2. The second-order valence-corrected chi connectivity index (χ2v) is 8.31. The lowest BCUT2D eigenvalue weighted by molar-refractivity contribution is 0.420. The van der Waals surface area contributed by atoms with E-state index in [2.05, 4.69) is 22.0 Å². The van der Waals surface area contributed by atoms with E-state index in [0.29, 0.717) is 16.4 Å². The van der Waals surface area contributed by atoms with Crippen molar-refractivity contribution in [3.05, 3.63) is 16.2 Å². The molecule has 0 aromatic carbocycles. The van der Waals surface area contributed by atoms with Crippen molar-refractivity contribution in [2.24, 2.45) is 5.73 Å². The Balaban J connectivity index is 1.82. The maximum Gasteiger partial charge on any atom is 0.277 e. The molecule has 3 rings (SSSR count). The smallest absolute Gasteiger partial charge is 0.277 e. The highest BCUT2D eigenvalue weighted by molar-refractivity contribution is 8.06. The number of aromatic nitrogens is 3. The third-order valence-corrected chi connectivity index (χ3v) is 7.15. The molecule has 1 aliphatic heterocycles. The Bertz CT molecular complexity index is 583. The average molecular weight is 328 g/mol. The molecule has 0 radical (unpaired) electrons. The SMILES string of the molecule is CC(N)c1nc(-c2nc(C3SCCSC3C)no2)cs1. The molecule has 0 spiro atoms. The van der Waals surface area contributed by atoms with Gasteiger partial charge in [0.2, 0.25) is 0 Å². The van der Waals surface area contributed by atoms with Gasteiger partial charge in [0.25, 0.3) is 5.89 Å². The summed E-state index contributed by atoms with van der Waals surface area (Å²) in [6.07, 6.45) is 0. The van der Waals surface area contributed by atoms with Gasteiger partial charge in [0.1, 0.15) is 10.7 Å². The Morgan fingerprint density at radius 2 is 2.15 bits per heavy atom. The van der Waals surface area contributed by atoms with E-state index >= 15 is 0 Å². The summed E-state index contributed by atoms with van der Waals surface area (Å²) in [6.45, 7) is 4.13. The molecule has 1 saturated heterocycles. The van der Waals surface area contributed by atoms with Crippen molar-refractivity contribution in [1.29, 1.82) is 0 Å². The highest BCUT2D eigenvalue weighted by Gasteiger charge is 2.29. The van der Waals surface area contributed by atoms with Gasteiger partial charge in [-0.2, -0.15) is 16.7 Å². The molecular weight excluding hydrogens is 312 g/mol. The summed E-state index contributed by atoms with van der Waals surface area (Å²) >= 11 is 5.39. The fourth-order valence-electron chi connectivity index (χ4n) is 1.97. The summed E-state index contributed by atoms with van der Waals surface area (Å²) in [5.41, 5.74) is 6.54. The lowest BCUT2D eigenvalue weighted by Gasteiger charge is -2.24. The zero-order valence-electron chi connectivity index (χ0n) is 11.3. The lowest BCUT2D eigenvalue weighted by Crippen LogP contribution is -2.16. The second kappa shape index (κ2) is 6.05. The van der Waals surface area contributed by atoms with Crippen LogP contribution in [0.5, 0.6) is 0 Å². The summed E-state index contributed by atoms with van der Waals surface area (Å²) in [6, 6.07) is -0.0681.